The van der Waals surface area contributed by atoms with E-state index < -0.39 is 5.92 Å². The van der Waals surface area contributed by atoms with E-state index in [1.54, 1.807) is 0 Å². The molecular weight excluding hydrogens is 172 g/mol. The Kier molecular flexibility index (Phi) is 2.54. The Bertz CT molecular complexity index is 178. The van der Waals surface area contributed by atoms with Gasteiger partial charge in [0.1, 0.15) is 0 Å². The van der Waals surface area contributed by atoms with Gasteiger partial charge in [-0.3, -0.25) is 0 Å². The molecule has 1 unspecified atom stereocenters. The molecule has 13 heavy (non-hydrogen) atoms. The van der Waals surface area contributed by atoms with Crippen molar-refractivity contribution in [2.24, 2.45) is 5.92 Å². The van der Waals surface area contributed by atoms with Crippen LogP contribution in [-0.4, -0.2) is 18.5 Å². The van der Waals surface area contributed by atoms with Crippen LogP contribution in [-0.2, 0) is 0 Å². The summed E-state index contributed by atoms with van der Waals surface area (Å²) in [4.78, 5) is 0. The normalized spacial score (nSPS) is 33.2. The van der Waals surface area contributed by atoms with Crippen LogP contribution in [0.15, 0.2) is 0 Å². The molecule has 0 heterocycles. The summed E-state index contributed by atoms with van der Waals surface area (Å²) in [5, 5.41) is 3.26. The van der Waals surface area contributed by atoms with Crippen LogP contribution >= 0.6 is 0 Å². The highest BCUT2D eigenvalue weighted by atomic mass is 19.3. The van der Waals surface area contributed by atoms with Gasteiger partial charge in [0.25, 0.3) is 0 Å². The topological polar surface area (TPSA) is 12.0 Å². The maximum atomic E-state index is 13.0. The lowest BCUT2D eigenvalue weighted by atomic mass is 9.92. The highest BCUT2D eigenvalue weighted by Crippen LogP contribution is 2.34. The minimum Gasteiger partial charge on any atom is -0.313 e. The summed E-state index contributed by atoms with van der Waals surface area (Å²) < 4.78 is 25.9. The fourth-order valence-corrected chi connectivity index (χ4v) is 2.00. The monoisotopic (exact) mass is 189 g/mol. The molecule has 0 spiro atoms. The summed E-state index contributed by atoms with van der Waals surface area (Å²) in [6, 6.07) is 0.0735. The molecule has 2 saturated carbocycles. The first kappa shape index (κ1) is 9.38. The maximum absolute atomic E-state index is 13.0. The van der Waals surface area contributed by atoms with Gasteiger partial charge in [0.2, 0.25) is 5.92 Å². The second-order valence-corrected chi connectivity index (χ2v) is 4.50. The van der Waals surface area contributed by atoms with Gasteiger partial charge in [-0.15, -0.1) is 0 Å². The summed E-state index contributed by atoms with van der Waals surface area (Å²) in [5.74, 6) is -1.62. The zero-order chi connectivity index (χ0) is 9.31. The summed E-state index contributed by atoms with van der Waals surface area (Å²) in [6.45, 7) is 0.959. The van der Waals surface area contributed by atoms with Crippen LogP contribution in [0.5, 0.6) is 0 Å². The number of alkyl halides is 2. The van der Waals surface area contributed by atoms with Crippen LogP contribution in [0.2, 0.25) is 0 Å². The third kappa shape index (κ3) is 2.90. The average Bonchev–Trinajstić information content (AvgIpc) is 2.82. The Morgan fingerprint density at radius 2 is 2.00 bits per heavy atom. The van der Waals surface area contributed by atoms with Crippen molar-refractivity contribution in [1.82, 2.24) is 5.32 Å². The summed E-state index contributed by atoms with van der Waals surface area (Å²) in [5.41, 5.74) is 0. The van der Waals surface area contributed by atoms with E-state index in [4.69, 9.17) is 0 Å². The minimum absolute atomic E-state index is 0.0553. The third-order valence-corrected chi connectivity index (χ3v) is 3.03. The average molecular weight is 189 g/mol. The standard InChI is InChI=1S/C10H17F2N/c11-10(12)5-1-2-9(6-10)13-7-8-3-4-8/h8-9,13H,1-7H2. The summed E-state index contributed by atoms with van der Waals surface area (Å²) in [6.07, 6.45) is 4.33. The van der Waals surface area contributed by atoms with Crippen LogP contribution in [0.25, 0.3) is 0 Å². The van der Waals surface area contributed by atoms with Gasteiger partial charge in [-0.2, -0.15) is 0 Å². The van der Waals surface area contributed by atoms with Gasteiger partial charge in [0, 0.05) is 18.9 Å². The molecule has 2 fully saturated rings. The van der Waals surface area contributed by atoms with Gasteiger partial charge in [0.05, 0.1) is 0 Å². The van der Waals surface area contributed by atoms with Gasteiger partial charge >= 0.3 is 0 Å². The molecule has 3 heteroatoms. The Morgan fingerprint density at radius 3 is 2.62 bits per heavy atom. The molecule has 0 saturated heterocycles. The van der Waals surface area contributed by atoms with Gasteiger partial charge in [-0.25, -0.2) is 8.78 Å². The van der Waals surface area contributed by atoms with Crippen molar-refractivity contribution < 1.29 is 8.78 Å². The smallest absolute Gasteiger partial charge is 0.249 e. The van der Waals surface area contributed by atoms with Crippen molar-refractivity contribution in [2.45, 2.75) is 50.5 Å². The molecular formula is C10H17F2N. The Balaban J connectivity index is 1.71. The van der Waals surface area contributed by atoms with Crippen LogP contribution < -0.4 is 5.32 Å². The molecule has 2 aliphatic rings. The SMILES string of the molecule is FC1(F)CCCC(NCC2CC2)C1. The Labute approximate surface area is 77.9 Å². The third-order valence-electron chi connectivity index (χ3n) is 3.03. The van der Waals surface area contributed by atoms with Crippen LogP contribution in [0.3, 0.4) is 0 Å². The zero-order valence-corrected chi connectivity index (χ0v) is 7.86. The molecule has 0 radical (unpaired) electrons. The van der Waals surface area contributed by atoms with Crippen LogP contribution in [0, 0.1) is 5.92 Å². The molecule has 1 atom stereocenters. The highest BCUT2D eigenvalue weighted by Gasteiger charge is 2.36. The van der Waals surface area contributed by atoms with E-state index in [1.165, 1.54) is 12.8 Å². The molecule has 76 valence electrons. The molecule has 1 nitrogen and oxygen atoms in total. The van der Waals surface area contributed by atoms with Gasteiger partial charge in [0.15, 0.2) is 0 Å². The molecule has 2 aliphatic carbocycles. The maximum Gasteiger partial charge on any atom is 0.249 e. The minimum atomic E-state index is -2.40. The van der Waals surface area contributed by atoms with Crippen molar-refractivity contribution in [3.05, 3.63) is 0 Å². The highest BCUT2D eigenvalue weighted by molar-refractivity contribution is 4.85. The molecule has 0 amide bonds. The number of rotatable bonds is 3. The summed E-state index contributed by atoms with van der Waals surface area (Å²) in [7, 11) is 0. The fraction of sp³-hybridized carbons (Fsp3) is 1.00. The van der Waals surface area contributed by atoms with Crippen molar-refractivity contribution >= 4 is 0 Å². The molecule has 0 aliphatic heterocycles. The van der Waals surface area contributed by atoms with Gasteiger partial charge in [-0.1, -0.05) is 0 Å². The zero-order valence-electron chi connectivity index (χ0n) is 7.86. The predicted molar refractivity (Wildman–Crippen MR) is 47.9 cm³/mol. The predicted octanol–water partition coefficient (Wildman–Crippen LogP) is 2.56. The lowest BCUT2D eigenvalue weighted by Gasteiger charge is -2.29. The molecule has 0 aromatic heterocycles. The summed E-state index contributed by atoms with van der Waals surface area (Å²) >= 11 is 0. The van der Waals surface area contributed by atoms with E-state index in [0.29, 0.717) is 6.42 Å². The molecule has 1 N–H and O–H groups in total. The van der Waals surface area contributed by atoms with Crippen molar-refractivity contribution in [3.8, 4) is 0 Å². The van der Waals surface area contributed by atoms with E-state index >= 15 is 0 Å². The second-order valence-electron chi connectivity index (χ2n) is 4.50. The van der Waals surface area contributed by atoms with Gasteiger partial charge in [-0.05, 0) is 38.1 Å². The van der Waals surface area contributed by atoms with Crippen molar-refractivity contribution in [2.75, 3.05) is 6.54 Å². The van der Waals surface area contributed by atoms with E-state index in [-0.39, 0.29) is 18.9 Å². The lowest BCUT2D eigenvalue weighted by molar-refractivity contribution is -0.0441. The number of halogens is 2. The first-order valence-corrected chi connectivity index (χ1v) is 5.27. The quantitative estimate of drug-likeness (QED) is 0.719. The van der Waals surface area contributed by atoms with E-state index in [1.807, 2.05) is 0 Å². The second kappa shape index (κ2) is 3.52. The number of hydrogen-bond acceptors (Lipinski definition) is 1. The first-order valence-electron chi connectivity index (χ1n) is 5.27. The lowest BCUT2D eigenvalue weighted by Crippen LogP contribution is -2.39. The molecule has 0 bridgehead atoms. The largest absolute Gasteiger partial charge is 0.313 e. The van der Waals surface area contributed by atoms with E-state index in [0.717, 1.165) is 18.9 Å². The first-order chi connectivity index (χ1) is 6.16. The van der Waals surface area contributed by atoms with E-state index in [9.17, 15) is 8.78 Å². The van der Waals surface area contributed by atoms with Crippen LogP contribution in [0.4, 0.5) is 8.78 Å². The van der Waals surface area contributed by atoms with Crippen molar-refractivity contribution in [3.63, 3.8) is 0 Å². The number of nitrogens with one attached hydrogen (secondary N) is 1. The fourth-order valence-electron chi connectivity index (χ4n) is 2.00. The van der Waals surface area contributed by atoms with Crippen molar-refractivity contribution in [1.29, 1.82) is 0 Å². The Hall–Kier alpha value is -0.180. The van der Waals surface area contributed by atoms with E-state index in [2.05, 4.69) is 5.32 Å². The van der Waals surface area contributed by atoms with Crippen LogP contribution in [0.1, 0.15) is 38.5 Å². The molecule has 2 rings (SSSR count). The Morgan fingerprint density at radius 1 is 1.23 bits per heavy atom. The number of hydrogen-bond donors (Lipinski definition) is 1. The molecule has 0 aromatic rings. The van der Waals surface area contributed by atoms with Gasteiger partial charge < -0.3 is 5.32 Å². The molecule has 0 aromatic carbocycles.